The molecule has 2 N–H and O–H groups in total. The Labute approximate surface area is 131 Å². The van der Waals surface area contributed by atoms with Crippen LogP contribution >= 0.6 is 0 Å². The minimum atomic E-state index is -0.307. The normalized spacial score (nSPS) is 45.4. The van der Waals surface area contributed by atoms with E-state index in [1.54, 1.807) is 0 Å². The lowest BCUT2D eigenvalue weighted by atomic mass is 9.63. The number of ether oxygens (including phenoxy) is 1. The van der Waals surface area contributed by atoms with Crippen molar-refractivity contribution in [3.8, 4) is 0 Å². The maximum atomic E-state index is 12.4. The SMILES string of the molecule is NC(=O)C12CC3CC(c4ccccc4)(CC1[C@H]3OC1CC1)C2. The van der Waals surface area contributed by atoms with Crippen molar-refractivity contribution in [2.24, 2.45) is 23.0 Å². The maximum Gasteiger partial charge on any atom is 0.224 e. The lowest BCUT2D eigenvalue weighted by Gasteiger charge is -2.42. The summed E-state index contributed by atoms with van der Waals surface area (Å²) in [4.78, 5) is 12.4. The van der Waals surface area contributed by atoms with Crippen LogP contribution in [0.3, 0.4) is 0 Å². The molecule has 1 aromatic rings. The van der Waals surface area contributed by atoms with Crippen LogP contribution in [0.15, 0.2) is 30.3 Å². The molecule has 22 heavy (non-hydrogen) atoms. The van der Waals surface area contributed by atoms with E-state index in [0.717, 1.165) is 19.3 Å². The standard InChI is InChI=1S/C19H23NO2/c20-17(21)19-9-12-8-18(11-19,13-4-2-1-3-5-13)10-15(19)16(12)22-14-6-7-14/h1-5,12,14-16H,6-11H2,(H2,20,21)/t12?,15?,16-,18?,19?/m0/s1. The van der Waals surface area contributed by atoms with Gasteiger partial charge in [-0.2, -0.15) is 0 Å². The van der Waals surface area contributed by atoms with E-state index in [2.05, 4.69) is 30.3 Å². The molecule has 5 atom stereocenters. The molecule has 4 bridgehead atoms. The molecule has 5 saturated carbocycles. The van der Waals surface area contributed by atoms with Gasteiger partial charge in [0, 0.05) is 5.92 Å². The second-order valence-corrected chi connectivity index (χ2v) is 8.12. The van der Waals surface area contributed by atoms with Gasteiger partial charge in [0.05, 0.1) is 17.6 Å². The zero-order valence-electron chi connectivity index (χ0n) is 12.8. The fourth-order valence-electron chi connectivity index (χ4n) is 5.97. The van der Waals surface area contributed by atoms with Crippen molar-refractivity contribution < 1.29 is 9.53 Å². The quantitative estimate of drug-likeness (QED) is 0.929. The first kappa shape index (κ1) is 13.1. The largest absolute Gasteiger partial charge is 0.374 e. The Bertz CT molecular complexity index is 626. The number of nitrogens with two attached hydrogens (primary N) is 1. The molecule has 5 aliphatic carbocycles. The van der Waals surface area contributed by atoms with Gasteiger partial charge in [-0.25, -0.2) is 0 Å². The molecular formula is C19H23NO2. The summed E-state index contributed by atoms with van der Waals surface area (Å²) in [6.45, 7) is 0. The molecule has 1 aromatic carbocycles. The predicted molar refractivity (Wildman–Crippen MR) is 83.1 cm³/mol. The van der Waals surface area contributed by atoms with Crippen LogP contribution in [-0.2, 0) is 14.9 Å². The molecule has 3 heteroatoms. The smallest absolute Gasteiger partial charge is 0.224 e. The maximum absolute atomic E-state index is 12.4. The topological polar surface area (TPSA) is 52.3 Å². The fraction of sp³-hybridized carbons (Fsp3) is 0.632. The number of carbonyl (C=O) groups is 1. The Morgan fingerprint density at radius 3 is 2.59 bits per heavy atom. The summed E-state index contributed by atoms with van der Waals surface area (Å²) in [6.07, 6.45) is 7.27. The molecule has 116 valence electrons. The van der Waals surface area contributed by atoms with Crippen LogP contribution in [-0.4, -0.2) is 18.1 Å². The first-order valence-electron chi connectivity index (χ1n) is 8.64. The van der Waals surface area contributed by atoms with Gasteiger partial charge in [0.1, 0.15) is 0 Å². The molecule has 0 spiro atoms. The molecule has 1 amide bonds. The molecule has 6 rings (SSSR count). The third-order valence-electron chi connectivity index (χ3n) is 6.87. The molecule has 0 saturated heterocycles. The third-order valence-corrected chi connectivity index (χ3v) is 6.87. The van der Waals surface area contributed by atoms with Gasteiger partial charge in [0.15, 0.2) is 0 Å². The Hall–Kier alpha value is -1.35. The molecule has 3 nitrogen and oxygen atoms in total. The predicted octanol–water partition coefficient (Wildman–Crippen LogP) is 2.78. The van der Waals surface area contributed by atoms with E-state index < -0.39 is 0 Å². The summed E-state index contributed by atoms with van der Waals surface area (Å²) < 4.78 is 6.33. The van der Waals surface area contributed by atoms with Crippen LogP contribution < -0.4 is 5.73 Å². The molecule has 0 radical (unpaired) electrons. The average Bonchev–Trinajstić information content (AvgIpc) is 3.27. The number of hydrogen-bond acceptors (Lipinski definition) is 2. The van der Waals surface area contributed by atoms with E-state index >= 15 is 0 Å². The highest BCUT2D eigenvalue weighted by molar-refractivity contribution is 5.83. The van der Waals surface area contributed by atoms with Crippen molar-refractivity contribution >= 4 is 5.91 Å². The zero-order valence-corrected chi connectivity index (χ0v) is 12.8. The van der Waals surface area contributed by atoms with Crippen molar-refractivity contribution in [3.63, 3.8) is 0 Å². The van der Waals surface area contributed by atoms with Gasteiger partial charge < -0.3 is 10.5 Å². The summed E-state index contributed by atoms with van der Waals surface area (Å²) >= 11 is 0. The number of primary amides is 1. The minimum absolute atomic E-state index is 0.0816. The van der Waals surface area contributed by atoms with Crippen molar-refractivity contribution in [2.45, 2.75) is 56.1 Å². The number of amides is 1. The third kappa shape index (κ3) is 1.58. The number of rotatable bonds is 4. The lowest BCUT2D eigenvalue weighted by molar-refractivity contribution is -0.130. The number of carbonyl (C=O) groups excluding carboxylic acids is 1. The summed E-state index contributed by atoms with van der Waals surface area (Å²) in [5.74, 6) is 0.771. The van der Waals surface area contributed by atoms with Gasteiger partial charge in [0.2, 0.25) is 5.91 Å². The van der Waals surface area contributed by atoms with E-state index in [9.17, 15) is 4.79 Å². The van der Waals surface area contributed by atoms with E-state index in [0.29, 0.717) is 17.9 Å². The Morgan fingerprint density at radius 1 is 1.14 bits per heavy atom. The van der Waals surface area contributed by atoms with Crippen molar-refractivity contribution in [3.05, 3.63) is 35.9 Å². The molecule has 0 heterocycles. The highest BCUT2D eigenvalue weighted by Crippen LogP contribution is 2.71. The first-order chi connectivity index (χ1) is 10.6. The molecule has 4 unspecified atom stereocenters. The van der Waals surface area contributed by atoms with Gasteiger partial charge >= 0.3 is 0 Å². The number of benzene rings is 1. The first-order valence-corrected chi connectivity index (χ1v) is 8.64. The molecular weight excluding hydrogens is 274 g/mol. The fourth-order valence-corrected chi connectivity index (χ4v) is 5.97. The summed E-state index contributed by atoms with van der Waals surface area (Å²) in [5.41, 5.74) is 7.16. The monoisotopic (exact) mass is 297 g/mol. The van der Waals surface area contributed by atoms with Crippen LogP contribution in [0, 0.1) is 17.3 Å². The van der Waals surface area contributed by atoms with Gasteiger partial charge in [-0.05, 0) is 55.4 Å². The van der Waals surface area contributed by atoms with Gasteiger partial charge in [0.25, 0.3) is 0 Å². The minimum Gasteiger partial charge on any atom is -0.374 e. The summed E-state index contributed by atoms with van der Waals surface area (Å²) in [7, 11) is 0. The van der Waals surface area contributed by atoms with Crippen LogP contribution in [0.25, 0.3) is 0 Å². The zero-order chi connectivity index (χ0) is 14.9. The van der Waals surface area contributed by atoms with Crippen molar-refractivity contribution in [1.29, 1.82) is 0 Å². The molecule has 0 aliphatic heterocycles. The Balaban J connectivity index is 1.55. The Kier molecular flexibility index (Phi) is 2.47. The van der Waals surface area contributed by atoms with E-state index in [4.69, 9.17) is 10.5 Å². The molecule has 0 aromatic heterocycles. The lowest BCUT2D eigenvalue weighted by Crippen LogP contribution is -2.41. The van der Waals surface area contributed by atoms with E-state index in [-0.39, 0.29) is 22.8 Å². The highest BCUT2D eigenvalue weighted by atomic mass is 16.5. The Morgan fingerprint density at radius 2 is 1.91 bits per heavy atom. The van der Waals surface area contributed by atoms with Crippen molar-refractivity contribution in [2.75, 3.05) is 0 Å². The second-order valence-electron chi connectivity index (χ2n) is 8.12. The second kappa shape index (κ2) is 4.14. The van der Waals surface area contributed by atoms with Crippen LogP contribution in [0.1, 0.15) is 44.1 Å². The summed E-state index contributed by atoms with van der Waals surface area (Å²) in [5, 5.41) is 0. The average molecular weight is 297 g/mol. The van der Waals surface area contributed by atoms with Crippen LogP contribution in [0.4, 0.5) is 0 Å². The van der Waals surface area contributed by atoms with Gasteiger partial charge in [-0.1, -0.05) is 30.3 Å². The highest BCUT2D eigenvalue weighted by Gasteiger charge is 2.71. The van der Waals surface area contributed by atoms with Crippen LogP contribution in [0.2, 0.25) is 0 Å². The van der Waals surface area contributed by atoms with E-state index in [1.807, 2.05) is 0 Å². The number of hydrogen-bond donors (Lipinski definition) is 1. The van der Waals surface area contributed by atoms with E-state index in [1.165, 1.54) is 24.8 Å². The van der Waals surface area contributed by atoms with Gasteiger partial charge in [-0.15, -0.1) is 0 Å². The molecule has 5 aliphatic rings. The van der Waals surface area contributed by atoms with Crippen molar-refractivity contribution in [1.82, 2.24) is 0 Å². The van der Waals surface area contributed by atoms with Gasteiger partial charge in [-0.3, -0.25) is 4.79 Å². The summed E-state index contributed by atoms with van der Waals surface area (Å²) in [6, 6.07) is 10.8. The van der Waals surface area contributed by atoms with Crippen LogP contribution in [0.5, 0.6) is 0 Å². The molecule has 5 fully saturated rings.